The van der Waals surface area contributed by atoms with Gasteiger partial charge in [-0.05, 0) is 30.3 Å². The van der Waals surface area contributed by atoms with Crippen LogP contribution in [0.25, 0.3) is 17.1 Å². The van der Waals surface area contributed by atoms with Crippen molar-refractivity contribution in [1.29, 1.82) is 5.41 Å². The zero-order valence-corrected chi connectivity index (χ0v) is 17.3. The maximum Gasteiger partial charge on any atom is 0.274 e. The van der Waals surface area contributed by atoms with E-state index in [0.717, 1.165) is 6.26 Å². The molecular weight excluding hydrogens is 428 g/mol. The highest BCUT2D eigenvalue weighted by atomic mass is 35.5. The monoisotopic (exact) mass is 444 g/mol. The summed E-state index contributed by atoms with van der Waals surface area (Å²) >= 11 is 6.18. The summed E-state index contributed by atoms with van der Waals surface area (Å²) in [7, 11) is -3.40. The van der Waals surface area contributed by atoms with Gasteiger partial charge in [0.25, 0.3) is 5.89 Å². The number of aliphatic hydroxyl groups excluding tert-OH is 1. The number of nitrogens with one attached hydrogen (secondary N) is 2. The summed E-state index contributed by atoms with van der Waals surface area (Å²) in [6.45, 7) is 3.32. The highest BCUT2D eigenvalue weighted by Crippen LogP contribution is 2.27. The smallest absolute Gasteiger partial charge is 0.274 e. The Hall–Kier alpha value is -3.43. The van der Waals surface area contributed by atoms with Crippen LogP contribution in [-0.4, -0.2) is 35.6 Å². The van der Waals surface area contributed by atoms with Crippen LogP contribution in [0.15, 0.2) is 76.4 Å². The average molecular weight is 445 g/mol. The third-order valence-corrected chi connectivity index (χ3v) is 5.36. The first-order chi connectivity index (χ1) is 14.1. The molecule has 154 valence electrons. The molecule has 0 saturated carbocycles. The van der Waals surface area contributed by atoms with Crippen LogP contribution < -0.4 is 5.32 Å². The molecule has 0 aliphatic heterocycles. The van der Waals surface area contributed by atoms with Gasteiger partial charge in [-0.3, -0.25) is 5.41 Å². The van der Waals surface area contributed by atoms with E-state index in [1.165, 1.54) is 18.2 Å². The van der Waals surface area contributed by atoms with Crippen molar-refractivity contribution in [3.05, 3.63) is 77.9 Å². The van der Waals surface area contributed by atoms with E-state index < -0.39 is 15.6 Å². The van der Waals surface area contributed by atoms with Crippen LogP contribution in [0.4, 0.5) is 5.69 Å². The van der Waals surface area contributed by atoms with Gasteiger partial charge in [-0.15, -0.1) is 0 Å². The van der Waals surface area contributed by atoms with E-state index in [4.69, 9.17) is 21.5 Å². The minimum atomic E-state index is -3.40. The topological polar surface area (TPSA) is 129 Å². The second-order valence-corrected chi connectivity index (χ2v) is 8.67. The van der Waals surface area contributed by atoms with E-state index in [-0.39, 0.29) is 28.0 Å². The Kier molecular flexibility index (Phi) is 6.04. The molecule has 3 rings (SSSR count). The number of sulfone groups is 1. The quantitative estimate of drug-likeness (QED) is 0.365. The minimum absolute atomic E-state index is 0.000628. The Morgan fingerprint density at radius 2 is 2.00 bits per heavy atom. The van der Waals surface area contributed by atoms with Gasteiger partial charge in [0.2, 0.25) is 5.82 Å². The van der Waals surface area contributed by atoms with Gasteiger partial charge in [0.15, 0.2) is 9.84 Å². The summed E-state index contributed by atoms with van der Waals surface area (Å²) in [5, 5.41) is 24.6. The number of rotatable bonds is 7. The molecule has 0 saturated heterocycles. The van der Waals surface area contributed by atoms with E-state index >= 15 is 0 Å². The fourth-order valence-electron chi connectivity index (χ4n) is 2.40. The van der Waals surface area contributed by atoms with Crippen molar-refractivity contribution in [2.75, 3.05) is 11.6 Å². The van der Waals surface area contributed by atoms with Crippen molar-refractivity contribution in [2.24, 2.45) is 0 Å². The van der Waals surface area contributed by atoms with Crippen molar-refractivity contribution in [1.82, 2.24) is 10.1 Å². The number of aliphatic hydroxyl groups is 1. The molecule has 0 unspecified atom stereocenters. The third kappa shape index (κ3) is 4.94. The highest BCUT2D eigenvalue weighted by Gasteiger charge is 2.17. The standard InChI is InChI=1S/C20H17ClN4O4S/c1-12(26)16(22)11-18(23-17-9-4-3-8-15(17)21)20-24-19(25-29-20)13-6-5-7-14(10-13)30(2,27)28/h3-11,22-23,26H,1H2,2H3/b18-11-,22-16?. The molecule has 30 heavy (non-hydrogen) atoms. The van der Waals surface area contributed by atoms with Crippen LogP contribution in [0.1, 0.15) is 5.89 Å². The predicted octanol–water partition coefficient (Wildman–Crippen LogP) is 4.34. The lowest BCUT2D eigenvalue weighted by Gasteiger charge is -2.09. The predicted molar refractivity (Wildman–Crippen MR) is 115 cm³/mol. The zero-order valence-electron chi connectivity index (χ0n) is 15.8. The molecule has 0 amide bonds. The number of hydrogen-bond acceptors (Lipinski definition) is 8. The third-order valence-electron chi connectivity index (χ3n) is 3.92. The van der Waals surface area contributed by atoms with Crippen molar-refractivity contribution in [3.8, 4) is 11.4 Å². The van der Waals surface area contributed by atoms with Crippen molar-refractivity contribution in [3.63, 3.8) is 0 Å². The Morgan fingerprint density at radius 1 is 1.27 bits per heavy atom. The van der Waals surface area contributed by atoms with Gasteiger partial charge < -0.3 is 14.9 Å². The number of aromatic nitrogens is 2. The second kappa shape index (κ2) is 8.52. The first-order valence-electron chi connectivity index (χ1n) is 8.50. The lowest BCUT2D eigenvalue weighted by atomic mass is 10.2. The largest absolute Gasteiger partial charge is 0.506 e. The summed E-state index contributed by atoms with van der Waals surface area (Å²) in [6.07, 6.45) is 2.37. The van der Waals surface area contributed by atoms with E-state index in [2.05, 4.69) is 22.0 Å². The molecule has 2 aromatic carbocycles. The molecule has 0 aliphatic rings. The first-order valence-corrected chi connectivity index (χ1v) is 10.8. The molecule has 10 heteroatoms. The normalized spacial score (nSPS) is 11.9. The maximum atomic E-state index is 11.8. The van der Waals surface area contributed by atoms with E-state index in [1.54, 1.807) is 36.4 Å². The number of para-hydroxylation sites is 1. The molecule has 1 aromatic heterocycles. The average Bonchev–Trinajstić information content (AvgIpc) is 3.18. The molecule has 0 atom stereocenters. The van der Waals surface area contributed by atoms with Crippen molar-refractivity contribution in [2.45, 2.75) is 4.90 Å². The molecule has 0 fully saturated rings. The van der Waals surface area contributed by atoms with Gasteiger partial charge in [0.05, 0.1) is 21.3 Å². The van der Waals surface area contributed by atoms with E-state index in [9.17, 15) is 13.5 Å². The fourth-order valence-corrected chi connectivity index (χ4v) is 3.25. The van der Waals surface area contributed by atoms with E-state index in [1.807, 2.05) is 0 Å². The van der Waals surface area contributed by atoms with Gasteiger partial charge in [0.1, 0.15) is 11.5 Å². The summed E-state index contributed by atoms with van der Waals surface area (Å²) in [5.74, 6) is -0.300. The maximum absolute atomic E-state index is 11.8. The summed E-state index contributed by atoms with van der Waals surface area (Å²) in [4.78, 5) is 4.41. The van der Waals surface area contributed by atoms with Crippen LogP contribution in [-0.2, 0) is 9.84 Å². The van der Waals surface area contributed by atoms with Gasteiger partial charge >= 0.3 is 0 Å². The Morgan fingerprint density at radius 3 is 2.67 bits per heavy atom. The Balaban J connectivity index is 2.02. The lowest BCUT2D eigenvalue weighted by Crippen LogP contribution is -2.04. The van der Waals surface area contributed by atoms with Crippen molar-refractivity contribution < 1.29 is 18.0 Å². The minimum Gasteiger partial charge on any atom is -0.506 e. The molecule has 0 aliphatic carbocycles. The molecule has 3 aromatic rings. The summed E-state index contributed by atoms with van der Waals surface area (Å²) < 4.78 is 28.9. The number of allylic oxidation sites excluding steroid dienone is 1. The van der Waals surface area contributed by atoms with Gasteiger partial charge in [0, 0.05) is 11.8 Å². The lowest BCUT2D eigenvalue weighted by molar-refractivity contribution is 0.408. The number of hydrogen-bond donors (Lipinski definition) is 3. The van der Waals surface area contributed by atoms with Crippen molar-refractivity contribution >= 4 is 38.5 Å². The van der Waals surface area contributed by atoms with Crippen LogP contribution in [0.5, 0.6) is 0 Å². The Bertz CT molecular complexity index is 1270. The van der Waals surface area contributed by atoms with Crippen LogP contribution >= 0.6 is 11.6 Å². The van der Waals surface area contributed by atoms with Gasteiger partial charge in [-0.25, -0.2) is 8.42 Å². The second-order valence-electron chi connectivity index (χ2n) is 6.25. The molecule has 8 nitrogen and oxygen atoms in total. The highest BCUT2D eigenvalue weighted by molar-refractivity contribution is 7.90. The van der Waals surface area contributed by atoms with Crippen LogP contribution in [0, 0.1) is 5.41 Å². The number of benzene rings is 2. The zero-order chi connectivity index (χ0) is 21.9. The first kappa shape index (κ1) is 21.3. The summed E-state index contributed by atoms with van der Waals surface area (Å²) in [5.41, 5.74) is 0.872. The molecule has 0 spiro atoms. The SMILES string of the molecule is C=C(O)C(=N)/C=C(\Nc1ccccc1Cl)c1nc(-c2cccc(S(C)(=O)=O)c2)no1. The molecule has 0 radical (unpaired) electrons. The van der Waals surface area contributed by atoms with Crippen LogP contribution in [0.2, 0.25) is 5.02 Å². The molecule has 0 bridgehead atoms. The number of nitrogens with zero attached hydrogens (tertiary/aromatic N) is 2. The van der Waals surface area contributed by atoms with Gasteiger partial charge in [-0.2, -0.15) is 4.98 Å². The van der Waals surface area contributed by atoms with Gasteiger partial charge in [-0.1, -0.05) is 47.6 Å². The number of halogens is 1. The fraction of sp³-hybridized carbons (Fsp3) is 0.0500. The van der Waals surface area contributed by atoms with E-state index in [0.29, 0.717) is 16.3 Å². The molecular formula is C20H17ClN4O4S. The van der Waals surface area contributed by atoms with Crippen LogP contribution in [0.3, 0.4) is 0 Å². The number of anilines is 1. The summed E-state index contributed by atoms with van der Waals surface area (Å²) in [6, 6.07) is 13.0. The molecule has 1 heterocycles. The Labute approximate surface area is 177 Å². The molecule has 3 N–H and O–H groups in total.